The van der Waals surface area contributed by atoms with E-state index in [0.29, 0.717) is 0 Å². The highest BCUT2D eigenvalue weighted by Crippen LogP contribution is 2.19. The fourth-order valence-electron chi connectivity index (χ4n) is 1.24. The Morgan fingerprint density at radius 2 is 2.06 bits per heavy atom. The largest absolute Gasteiger partial charge is 0.497 e. The van der Waals surface area contributed by atoms with Crippen molar-refractivity contribution in [3.8, 4) is 11.8 Å². The van der Waals surface area contributed by atoms with Crippen LogP contribution in [0.1, 0.15) is 18.4 Å². The van der Waals surface area contributed by atoms with Crippen molar-refractivity contribution in [2.45, 2.75) is 12.8 Å². The molecule has 0 N–H and O–H groups in total. The maximum atomic E-state index is 10.6. The fourth-order valence-corrected chi connectivity index (χ4v) is 1.24. The molecular weight excluding hydrogens is 206 g/mol. The Bertz CT molecular complexity index is 392. The molecule has 1 atom stereocenters. The van der Waals surface area contributed by atoms with Gasteiger partial charge in [0.15, 0.2) is 0 Å². The number of esters is 1. The first-order valence-corrected chi connectivity index (χ1v) is 4.84. The van der Waals surface area contributed by atoms with Crippen molar-refractivity contribution in [2.24, 2.45) is 0 Å². The molecule has 0 bridgehead atoms. The molecule has 84 valence electrons. The summed E-state index contributed by atoms with van der Waals surface area (Å²) in [5, 5.41) is 8.95. The number of benzene rings is 1. The molecule has 4 nitrogen and oxygen atoms in total. The highest BCUT2D eigenvalue weighted by molar-refractivity contribution is 5.66. The third-order valence-electron chi connectivity index (χ3n) is 2.13. The number of nitriles is 1. The number of carbonyl (C=O) groups is 1. The molecule has 1 aromatic rings. The van der Waals surface area contributed by atoms with Crippen LogP contribution in [-0.4, -0.2) is 19.7 Å². The summed E-state index contributed by atoms with van der Waals surface area (Å²) in [4.78, 5) is 10.6. The Morgan fingerprint density at radius 3 is 2.50 bits per heavy atom. The summed E-state index contributed by atoms with van der Waals surface area (Å²) in [6, 6.07) is 9.21. The molecular formula is C12H13NO3. The van der Waals surface area contributed by atoms with Crippen LogP contribution in [0.5, 0.6) is 5.75 Å². The minimum Gasteiger partial charge on any atom is -0.497 e. The molecule has 1 unspecified atom stereocenters. The Morgan fingerprint density at radius 1 is 1.44 bits per heavy atom. The molecule has 4 heteroatoms. The van der Waals surface area contributed by atoms with Crippen LogP contribution in [-0.2, 0) is 9.53 Å². The van der Waals surface area contributed by atoms with Crippen molar-refractivity contribution < 1.29 is 14.3 Å². The molecule has 1 aromatic carbocycles. The van der Waals surface area contributed by atoms with E-state index in [2.05, 4.69) is 6.07 Å². The van der Waals surface area contributed by atoms with Crippen molar-refractivity contribution in [2.75, 3.05) is 13.7 Å². The van der Waals surface area contributed by atoms with Crippen molar-refractivity contribution in [3.05, 3.63) is 29.8 Å². The van der Waals surface area contributed by atoms with Crippen LogP contribution in [0.2, 0.25) is 0 Å². The number of carbonyl (C=O) groups excluding carboxylic acids is 1. The molecule has 0 radical (unpaired) electrons. The topological polar surface area (TPSA) is 59.3 Å². The molecule has 1 rings (SSSR count). The van der Waals surface area contributed by atoms with Crippen molar-refractivity contribution >= 4 is 5.97 Å². The zero-order valence-electron chi connectivity index (χ0n) is 9.27. The summed E-state index contributed by atoms with van der Waals surface area (Å²) >= 11 is 0. The van der Waals surface area contributed by atoms with Gasteiger partial charge in [-0.1, -0.05) is 12.1 Å². The minimum absolute atomic E-state index is 0.0815. The zero-order valence-corrected chi connectivity index (χ0v) is 9.27. The van der Waals surface area contributed by atoms with E-state index in [-0.39, 0.29) is 12.6 Å². The monoisotopic (exact) mass is 219 g/mol. The zero-order chi connectivity index (χ0) is 12.0. The van der Waals surface area contributed by atoms with Crippen molar-refractivity contribution in [1.29, 1.82) is 5.26 Å². The second-order valence-electron chi connectivity index (χ2n) is 3.26. The third-order valence-corrected chi connectivity index (χ3v) is 2.13. The minimum atomic E-state index is -0.435. The Kier molecular flexibility index (Phi) is 4.34. The molecule has 0 fully saturated rings. The Hall–Kier alpha value is -2.02. The summed E-state index contributed by atoms with van der Waals surface area (Å²) in [5.41, 5.74) is 0.810. The van der Waals surface area contributed by atoms with E-state index >= 15 is 0 Å². The first kappa shape index (κ1) is 12.1. The summed E-state index contributed by atoms with van der Waals surface area (Å²) in [5.74, 6) is -0.0866. The summed E-state index contributed by atoms with van der Waals surface area (Å²) in [7, 11) is 1.58. The molecule has 0 spiro atoms. The summed E-state index contributed by atoms with van der Waals surface area (Å²) < 4.78 is 9.83. The Balaban J connectivity index is 2.72. The number of rotatable bonds is 4. The van der Waals surface area contributed by atoms with E-state index in [0.717, 1.165) is 11.3 Å². The smallest absolute Gasteiger partial charge is 0.302 e. The average molecular weight is 219 g/mol. The van der Waals surface area contributed by atoms with Gasteiger partial charge in [0.2, 0.25) is 0 Å². The van der Waals surface area contributed by atoms with E-state index in [1.807, 2.05) is 0 Å². The van der Waals surface area contributed by atoms with E-state index in [1.165, 1.54) is 6.92 Å². The van der Waals surface area contributed by atoms with Gasteiger partial charge in [0, 0.05) is 6.92 Å². The number of hydrogen-bond acceptors (Lipinski definition) is 4. The molecule has 16 heavy (non-hydrogen) atoms. The maximum absolute atomic E-state index is 10.6. The van der Waals surface area contributed by atoms with Gasteiger partial charge in [-0.15, -0.1) is 0 Å². The molecule has 0 amide bonds. The quantitative estimate of drug-likeness (QED) is 0.725. The van der Waals surface area contributed by atoms with Crippen LogP contribution >= 0.6 is 0 Å². The standard InChI is InChI=1S/C12H13NO3/c1-9(14)16-8-11(7-13)10-3-5-12(15-2)6-4-10/h3-6,11H,8H2,1-2H3. The van der Waals surface area contributed by atoms with Gasteiger partial charge in [0.25, 0.3) is 0 Å². The number of methoxy groups -OCH3 is 1. The SMILES string of the molecule is COc1ccc(C(C#N)COC(C)=O)cc1. The van der Waals surface area contributed by atoms with E-state index < -0.39 is 5.92 Å². The maximum Gasteiger partial charge on any atom is 0.302 e. The second kappa shape index (κ2) is 5.76. The van der Waals surface area contributed by atoms with Crippen molar-refractivity contribution in [3.63, 3.8) is 0 Å². The summed E-state index contributed by atoms with van der Waals surface area (Å²) in [6.07, 6.45) is 0. The van der Waals surface area contributed by atoms with E-state index in [9.17, 15) is 4.79 Å². The first-order valence-electron chi connectivity index (χ1n) is 4.84. The molecule has 0 aromatic heterocycles. The summed E-state index contributed by atoms with van der Waals surface area (Å²) in [6.45, 7) is 1.40. The van der Waals surface area contributed by atoms with Gasteiger partial charge in [0.05, 0.1) is 13.2 Å². The van der Waals surface area contributed by atoms with Gasteiger partial charge in [-0.3, -0.25) is 4.79 Å². The molecule has 0 aliphatic heterocycles. The fraction of sp³-hybridized carbons (Fsp3) is 0.333. The van der Waals surface area contributed by atoms with Crippen LogP contribution < -0.4 is 4.74 Å². The molecule has 0 heterocycles. The lowest BCUT2D eigenvalue weighted by molar-refractivity contribution is -0.141. The van der Waals surface area contributed by atoms with Gasteiger partial charge in [-0.2, -0.15) is 5.26 Å². The lowest BCUT2D eigenvalue weighted by atomic mass is 10.0. The van der Waals surface area contributed by atoms with Crippen molar-refractivity contribution in [1.82, 2.24) is 0 Å². The molecule has 0 aliphatic rings. The Labute approximate surface area is 94.4 Å². The third kappa shape index (κ3) is 3.28. The van der Waals surface area contributed by atoms with E-state index in [1.54, 1.807) is 31.4 Å². The number of hydrogen-bond donors (Lipinski definition) is 0. The first-order chi connectivity index (χ1) is 7.67. The average Bonchev–Trinajstić information content (AvgIpc) is 2.30. The van der Waals surface area contributed by atoms with Gasteiger partial charge >= 0.3 is 5.97 Å². The number of nitrogens with zero attached hydrogens (tertiary/aromatic N) is 1. The van der Waals surface area contributed by atoms with E-state index in [4.69, 9.17) is 14.7 Å². The van der Waals surface area contributed by atoms with Gasteiger partial charge in [-0.05, 0) is 17.7 Å². The lowest BCUT2D eigenvalue weighted by Crippen LogP contribution is -2.09. The predicted molar refractivity (Wildman–Crippen MR) is 58.0 cm³/mol. The van der Waals surface area contributed by atoms with Gasteiger partial charge in [-0.25, -0.2) is 0 Å². The van der Waals surface area contributed by atoms with Crippen LogP contribution in [0.25, 0.3) is 0 Å². The number of ether oxygens (including phenoxy) is 2. The van der Waals surface area contributed by atoms with Crippen LogP contribution in [0.3, 0.4) is 0 Å². The highest BCUT2D eigenvalue weighted by Gasteiger charge is 2.12. The van der Waals surface area contributed by atoms with Gasteiger partial charge in [0.1, 0.15) is 18.3 Å². The van der Waals surface area contributed by atoms with Crippen LogP contribution in [0.4, 0.5) is 0 Å². The normalized spacial score (nSPS) is 11.3. The van der Waals surface area contributed by atoms with Gasteiger partial charge < -0.3 is 9.47 Å². The molecule has 0 aliphatic carbocycles. The second-order valence-corrected chi connectivity index (χ2v) is 3.26. The van der Waals surface area contributed by atoms with Crippen LogP contribution in [0.15, 0.2) is 24.3 Å². The predicted octanol–water partition coefficient (Wildman–Crippen LogP) is 1.87. The van der Waals surface area contributed by atoms with Crippen LogP contribution in [0, 0.1) is 11.3 Å². The molecule has 0 saturated heterocycles. The highest BCUT2D eigenvalue weighted by atomic mass is 16.5. The lowest BCUT2D eigenvalue weighted by Gasteiger charge is -2.09. The molecule has 0 saturated carbocycles.